The van der Waals surface area contributed by atoms with Gasteiger partial charge in [0.15, 0.2) is 5.82 Å². The third kappa shape index (κ3) is 3.77. The van der Waals surface area contributed by atoms with Gasteiger partial charge < -0.3 is 5.11 Å². The fraction of sp³-hybridized carbons (Fsp3) is 0.300. The molecule has 0 atom stereocenters. The number of hydrogen-bond donors (Lipinski definition) is 3. The Morgan fingerprint density at radius 3 is 3.06 bits per heavy atom. The molecule has 0 aliphatic carbocycles. The summed E-state index contributed by atoms with van der Waals surface area (Å²) >= 11 is 5.86. The largest absolute Gasteiger partial charge is 0.395 e. The highest BCUT2D eigenvalue weighted by atomic mass is 35.5. The maximum atomic E-state index is 8.75. The smallest absolute Gasteiger partial charge is 0.177 e. The van der Waals surface area contributed by atoms with Gasteiger partial charge in [-0.3, -0.25) is 10.4 Å². The zero-order valence-corrected chi connectivity index (χ0v) is 10.1. The minimum Gasteiger partial charge on any atom is -0.395 e. The number of aliphatic hydroxyl groups excluding tert-OH is 1. The van der Waals surface area contributed by atoms with Gasteiger partial charge in [-0.25, -0.2) is 15.4 Å². The number of anilines is 1. The van der Waals surface area contributed by atoms with Crippen LogP contribution in [0.3, 0.4) is 0 Å². The molecule has 1 aromatic heterocycles. The zero-order chi connectivity index (χ0) is 12.7. The molecule has 1 rings (SSSR count). The van der Waals surface area contributed by atoms with Gasteiger partial charge in [0.2, 0.25) is 0 Å². The monoisotopic (exact) mass is 255 g/mol. The SMILES string of the molecule is CC=Nc1ncc(Cl)cc1N(C=N)NCCO. The molecule has 17 heavy (non-hydrogen) atoms. The van der Waals surface area contributed by atoms with Gasteiger partial charge in [0.1, 0.15) is 12.0 Å². The molecular weight excluding hydrogens is 242 g/mol. The van der Waals surface area contributed by atoms with Crippen LogP contribution in [0.15, 0.2) is 17.3 Å². The second-order valence-corrected chi connectivity index (χ2v) is 3.45. The predicted octanol–water partition coefficient (Wildman–Crippen LogP) is 1.37. The lowest BCUT2D eigenvalue weighted by molar-refractivity contribution is 0.293. The first-order valence-electron chi connectivity index (χ1n) is 5.01. The van der Waals surface area contributed by atoms with Crippen molar-refractivity contribution in [2.45, 2.75) is 6.92 Å². The molecule has 0 amide bonds. The summed E-state index contributed by atoms with van der Waals surface area (Å²) in [7, 11) is 0. The number of hydrogen-bond acceptors (Lipinski definition) is 5. The van der Waals surface area contributed by atoms with E-state index in [1.807, 2.05) is 0 Å². The van der Waals surface area contributed by atoms with Crippen LogP contribution in [0.5, 0.6) is 0 Å². The molecule has 0 radical (unpaired) electrons. The van der Waals surface area contributed by atoms with Gasteiger partial charge in [0.05, 0.1) is 11.6 Å². The molecule has 0 aliphatic heterocycles. The van der Waals surface area contributed by atoms with E-state index >= 15 is 0 Å². The Balaban J connectivity index is 3.06. The van der Waals surface area contributed by atoms with E-state index in [2.05, 4.69) is 15.4 Å². The summed E-state index contributed by atoms with van der Waals surface area (Å²) in [5.74, 6) is 0.450. The topological polar surface area (TPSA) is 84.6 Å². The summed E-state index contributed by atoms with van der Waals surface area (Å²) < 4.78 is 0. The van der Waals surface area contributed by atoms with Crippen molar-refractivity contribution in [2.24, 2.45) is 4.99 Å². The van der Waals surface area contributed by atoms with Crippen LogP contribution in [0.1, 0.15) is 6.92 Å². The summed E-state index contributed by atoms with van der Waals surface area (Å²) in [4.78, 5) is 8.15. The van der Waals surface area contributed by atoms with Gasteiger partial charge in [-0.2, -0.15) is 0 Å². The number of pyridine rings is 1. The molecule has 0 fully saturated rings. The Labute approximate surface area is 104 Å². The Hall–Kier alpha value is -1.50. The standard InChI is InChI=1S/C10H14ClN5O/c1-2-13-10-9(5-8(11)6-14-10)16(7-12)15-3-4-17/h2,5-7,12,15,17H,3-4H2,1H3. The van der Waals surface area contributed by atoms with E-state index in [1.165, 1.54) is 11.2 Å². The van der Waals surface area contributed by atoms with E-state index in [4.69, 9.17) is 22.1 Å². The first kappa shape index (κ1) is 13.6. The highest BCUT2D eigenvalue weighted by Gasteiger charge is 2.10. The molecule has 1 heterocycles. The minimum atomic E-state index is -0.0370. The molecule has 0 aromatic carbocycles. The van der Waals surface area contributed by atoms with E-state index < -0.39 is 0 Å². The van der Waals surface area contributed by atoms with E-state index in [-0.39, 0.29) is 6.61 Å². The van der Waals surface area contributed by atoms with Crippen LogP contribution in [-0.2, 0) is 0 Å². The fourth-order valence-electron chi connectivity index (χ4n) is 1.19. The molecule has 0 aliphatic rings. The third-order valence-electron chi connectivity index (χ3n) is 1.85. The summed E-state index contributed by atoms with van der Waals surface area (Å²) in [6.45, 7) is 2.05. The number of rotatable bonds is 6. The summed E-state index contributed by atoms with van der Waals surface area (Å²) in [5.41, 5.74) is 3.38. The summed E-state index contributed by atoms with van der Waals surface area (Å²) in [6, 6.07) is 1.65. The molecule has 1 aromatic rings. The minimum absolute atomic E-state index is 0.0370. The average Bonchev–Trinajstić information content (AvgIpc) is 2.33. The number of aromatic nitrogens is 1. The highest BCUT2D eigenvalue weighted by Crippen LogP contribution is 2.27. The third-order valence-corrected chi connectivity index (χ3v) is 2.05. The molecule has 0 saturated heterocycles. The van der Waals surface area contributed by atoms with Crippen molar-refractivity contribution >= 4 is 35.7 Å². The van der Waals surface area contributed by atoms with Crippen LogP contribution < -0.4 is 10.4 Å². The lowest BCUT2D eigenvalue weighted by atomic mass is 10.4. The van der Waals surface area contributed by atoms with Crippen LogP contribution in [0.4, 0.5) is 11.5 Å². The fourth-order valence-corrected chi connectivity index (χ4v) is 1.34. The van der Waals surface area contributed by atoms with Crippen molar-refractivity contribution in [3.63, 3.8) is 0 Å². The average molecular weight is 256 g/mol. The van der Waals surface area contributed by atoms with Gasteiger partial charge >= 0.3 is 0 Å². The Bertz CT molecular complexity index is 410. The summed E-state index contributed by atoms with van der Waals surface area (Å²) in [5, 5.41) is 17.9. The van der Waals surface area contributed by atoms with Crippen molar-refractivity contribution in [3.05, 3.63) is 17.3 Å². The molecule has 7 heteroatoms. The van der Waals surface area contributed by atoms with E-state index in [0.29, 0.717) is 23.1 Å². The normalized spacial score (nSPS) is 10.8. The molecule has 92 valence electrons. The lowest BCUT2D eigenvalue weighted by Gasteiger charge is -2.20. The van der Waals surface area contributed by atoms with Crippen molar-refractivity contribution in [2.75, 3.05) is 18.2 Å². The molecule has 0 spiro atoms. The maximum absolute atomic E-state index is 8.75. The van der Waals surface area contributed by atoms with Crippen molar-refractivity contribution in [1.29, 1.82) is 5.41 Å². The second kappa shape index (κ2) is 6.95. The predicted molar refractivity (Wildman–Crippen MR) is 69.4 cm³/mol. The number of hydrazine groups is 1. The van der Waals surface area contributed by atoms with Crippen molar-refractivity contribution in [1.82, 2.24) is 10.4 Å². The Kier molecular flexibility index (Phi) is 5.55. The van der Waals surface area contributed by atoms with Gasteiger partial charge in [0.25, 0.3) is 0 Å². The van der Waals surface area contributed by atoms with E-state index in [0.717, 1.165) is 6.34 Å². The van der Waals surface area contributed by atoms with E-state index in [1.54, 1.807) is 19.2 Å². The molecule has 6 nitrogen and oxygen atoms in total. The lowest BCUT2D eigenvalue weighted by Crippen LogP contribution is -2.38. The van der Waals surface area contributed by atoms with Gasteiger partial charge in [-0.1, -0.05) is 11.6 Å². The number of nitrogens with zero attached hydrogens (tertiary/aromatic N) is 3. The van der Waals surface area contributed by atoms with E-state index in [9.17, 15) is 0 Å². The van der Waals surface area contributed by atoms with Crippen LogP contribution in [0.2, 0.25) is 5.02 Å². The van der Waals surface area contributed by atoms with Gasteiger partial charge in [0, 0.05) is 19.0 Å². The van der Waals surface area contributed by atoms with Crippen LogP contribution >= 0.6 is 11.6 Å². The number of aliphatic imine (C=N–C) groups is 1. The first-order valence-corrected chi connectivity index (χ1v) is 5.39. The molecule has 0 saturated carbocycles. The molecule has 0 unspecified atom stereocenters. The molecular formula is C10H14ClN5O. The number of aliphatic hydroxyl groups is 1. The quantitative estimate of drug-likeness (QED) is 0.407. The second-order valence-electron chi connectivity index (χ2n) is 3.01. The van der Waals surface area contributed by atoms with Gasteiger partial charge in [-0.15, -0.1) is 0 Å². The zero-order valence-electron chi connectivity index (χ0n) is 9.39. The maximum Gasteiger partial charge on any atom is 0.177 e. The van der Waals surface area contributed by atoms with Crippen LogP contribution in [-0.4, -0.2) is 35.8 Å². The molecule has 3 N–H and O–H groups in total. The highest BCUT2D eigenvalue weighted by molar-refractivity contribution is 6.30. The number of nitrogens with one attached hydrogen (secondary N) is 2. The Morgan fingerprint density at radius 2 is 2.47 bits per heavy atom. The number of halogens is 1. The van der Waals surface area contributed by atoms with Crippen molar-refractivity contribution < 1.29 is 5.11 Å². The van der Waals surface area contributed by atoms with Crippen LogP contribution in [0.25, 0.3) is 0 Å². The van der Waals surface area contributed by atoms with Crippen LogP contribution in [0, 0.1) is 5.41 Å². The Morgan fingerprint density at radius 1 is 1.71 bits per heavy atom. The molecule has 0 bridgehead atoms. The van der Waals surface area contributed by atoms with Crippen molar-refractivity contribution in [3.8, 4) is 0 Å². The summed E-state index contributed by atoms with van der Waals surface area (Å²) in [6.07, 6.45) is 4.16. The first-order chi connectivity index (χ1) is 8.22. The van der Waals surface area contributed by atoms with Gasteiger partial charge in [-0.05, 0) is 13.0 Å².